The Balaban J connectivity index is 1.41. The molecule has 1 aliphatic rings. The van der Waals surface area contributed by atoms with E-state index in [9.17, 15) is 34.4 Å². The second kappa shape index (κ2) is 11.8. The molecule has 3 aromatic heterocycles. The average Bonchev–Trinajstić information content (AvgIpc) is 3.66. The van der Waals surface area contributed by atoms with Crippen LogP contribution in [0.1, 0.15) is 23.2 Å². The molecule has 15 nitrogen and oxygen atoms in total. The molecule has 44 heavy (non-hydrogen) atoms. The zero-order chi connectivity index (χ0) is 31.8. The Kier molecular flexibility index (Phi) is 8.25. The van der Waals surface area contributed by atoms with Crippen molar-refractivity contribution in [2.24, 2.45) is 0 Å². The number of imidazole rings is 1. The predicted octanol–water partition coefficient (Wildman–Crippen LogP) is 1.32. The van der Waals surface area contributed by atoms with E-state index in [1.807, 2.05) is 5.92 Å². The van der Waals surface area contributed by atoms with Crippen molar-refractivity contribution in [1.82, 2.24) is 24.7 Å². The number of carbonyl (C=O) groups is 2. The monoisotopic (exact) mass is 630 g/mol. The van der Waals surface area contributed by atoms with Crippen molar-refractivity contribution in [3.8, 4) is 12.3 Å². The fraction of sp³-hybridized carbons (Fsp3) is 0.333. The summed E-state index contributed by atoms with van der Waals surface area (Å²) >= 11 is 6.16. The third-order valence-corrected chi connectivity index (χ3v) is 7.24. The maximum Gasteiger partial charge on any atom is 0.348 e. The summed E-state index contributed by atoms with van der Waals surface area (Å²) < 4.78 is 30.6. The third-order valence-electron chi connectivity index (χ3n) is 7.07. The molecule has 0 amide bonds. The number of fused-ring (bicyclic) bond motifs is 1. The first-order valence-electron chi connectivity index (χ1n) is 12.8. The molecule has 4 aromatic rings. The van der Waals surface area contributed by atoms with Gasteiger partial charge < -0.3 is 39.7 Å². The number of carboxylic acids is 2. The Hall–Kier alpha value is -4.66. The van der Waals surface area contributed by atoms with E-state index in [1.54, 1.807) is 12.1 Å². The number of hydrogen-bond donors (Lipinski definition) is 5. The standard InChI is InChI=1S/C27H24ClFN6O9/c1-3-26(41)17(11-42-27(23(37)38,24(39)40)9-16-8-13(2)44-34-16)43-22(19(26)36)35-12-31-18-20(32-25(28)33-21(18)35)30-10-14-4-6-15(29)7-5-14/h1,4-8,12,17,19,22,36,41H,9-11H2,2H3,(H,37,38)(H,39,40)(H,30,32,33)/t17-,19+,22-,26-/m1/s1. The largest absolute Gasteiger partial charge is 0.479 e. The van der Waals surface area contributed by atoms with Crippen LogP contribution in [0.15, 0.2) is 41.2 Å². The van der Waals surface area contributed by atoms with Gasteiger partial charge in [-0.25, -0.2) is 19.0 Å². The van der Waals surface area contributed by atoms with Crippen molar-refractivity contribution in [2.45, 2.75) is 49.5 Å². The number of anilines is 1. The molecule has 4 heterocycles. The predicted molar refractivity (Wildman–Crippen MR) is 147 cm³/mol. The van der Waals surface area contributed by atoms with Gasteiger partial charge in [-0.15, -0.1) is 6.42 Å². The van der Waals surface area contributed by atoms with E-state index >= 15 is 0 Å². The van der Waals surface area contributed by atoms with E-state index < -0.39 is 60.4 Å². The first kappa shape index (κ1) is 30.8. The van der Waals surface area contributed by atoms with E-state index in [0.29, 0.717) is 5.76 Å². The van der Waals surface area contributed by atoms with Crippen molar-refractivity contribution < 1.29 is 48.4 Å². The van der Waals surface area contributed by atoms with Crippen molar-refractivity contribution in [3.63, 3.8) is 0 Å². The van der Waals surface area contributed by atoms with E-state index in [0.717, 1.165) is 5.56 Å². The molecule has 0 bridgehead atoms. The normalized spacial score (nSPS) is 21.8. The smallest absolute Gasteiger partial charge is 0.348 e. The highest BCUT2D eigenvalue weighted by Gasteiger charge is 2.58. The number of aromatic nitrogens is 5. The lowest BCUT2D eigenvalue weighted by Crippen LogP contribution is -2.55. The van der Waals surface area contributed by atoms with Crippen LogP contribution >= 0.6 is 11.6 Å². The van der Waals surface area contributed by atoms with Gasteiger partial charge in [-0.05, 0) is 36.2 Å². The number of aryl methyl sites for hydroxylation is 1. The van der Waals surface area contributed by atoms with Crippen LogP contribution in [0.5, 0.6) is 0 Å². The molecule has 0 radical (unpaired) electrons. The molecule has 230 valence electrons. The lowest BCUT2D eigenvalue weighted by atomic mass is 9.92. The molecule has 0 spiro atoms. The van der Waals surface area contributed by atoms with Crippen molar-refractivity contribution in [2.75, 3.05) is 11.9 Å². The minimum Gasteiger partial charge on any atom is -0.479 e. The number of benzene rings is 1. The molecule has 1 saturated heterocycles. The summed E-state index contributed by atoms with van der Waals surface area (Å²) in [4.78, 5) is 36.9. The summed E-state index contributed by atoms with van der Waals surface area (Å²) in [7, 11) is 0. The summed E-state index contributed by atoms with van der Waals surface area (Å²) in [6.07, 6.45) is 1.09. The fourth-order valence-electron chi connectivity index (χ4n) is 4.70. The minimum atomic E-state index is -2.88. The molecule has 4 atom stereocenters. The summed E-state index contributed by atoms with van der Waals surface area (Å²) in [6, 6.07) is 7.08. The molecule has 5 rings (SSSR count). The van der Waals surface area contributed by atoms with Gasteiger partial charge in [0.05, 0.1) is 18.6 Å². The lowest BCUT2D eigenvalue weighted by molar-refractivity contribution is -0.191. The number of ether oxygens (including phenoxy) is 2. The van der Waals surface area contributed by atoms with E-state index in [-0.39, 0.29) is 34.5 Å². The maximum absolute atomic E-state index is 13.3. The second-order valence-corrected chi connectivity index (χ2v) is 10.3. The number of aliphatic hydroxyl groups is 2. The van der Waals surface area contributed by atoms with Crippen LogP contribution in [-0.2, 0) is 32.0 Å². The van der Waals surface area contributed by atoms with E-state index in [4.69, 9.17) is 32.0 Å². The Bertz CT molecular complexity index is 1740. The highest BCUT2D eigenvalue weighted by Crippen LogP contribution is 2.39. The molecule has 17 heteroatoms. The van der Waals surface area contributed by atoms with Gasteiger partial charge in [-0.3, -0.25) is 4.57 Å². The number of hydrogen-bond acceptors (Lipinski definition) is 12. The van der Waals surface area contributed by atoms with Gasteiger partial charge in [0.2, 0.25) is 5.28 Å². The number of carboxylic acid groups (broad SMARTS) is 2. The number of terminal acetylenes is 1. The third kappa shape index (κ3) is 5.54. The number of nitrogens with one attached hydrogen (secondary N) is 1. The number of nitrogens with zero attached hydrogens (tertiary/aromatic N) is 5. The quantitative estimate of drug-likeness (QED) is 0.0897. The zero-order valence-corrected chi connectivity index (χ0v) is 23.5. The van der Waals surface area contributed by atoms with Gasteiger partial charge in [0, 0.05) is 19.0 Å². The van der Waals surface area contributed by atoms with Gasteiger partial charge in [-0.2, -0.15) is 9.97 Å². The van der Waals surface area contributed by atoms with Gasteiger partial charge in [0.1, 0.15) is 23.8 Å². The molecule has 0 unspecified atom stereocenters. The molecular weight excluding hydrogens is 607 g/mol. The molecule has 0 saturated carbocycles. The van der Waals surface area contributed by atoms with Crippen LogP contribution in [0.2, 0.25) is 5.28 Å². The van der Waals surface area contributed by atoms with Crippen LogP contribution in [-0.4, -0.2) is 87.1 Å². The molecular formula is C27H24ClFN6O9. The maximum atomic E-state index is 13.3. The highest BCUT2D eigenvalue weighted by atomic mass is 35.5. The summed E-state index contributed by atoms with van der Waals surface area (Å²) in [5.74, 6) is -1.58. The SMILES string of the molecule is C#C[C@@]1(O)[C@@H](COC(Cc2cc(C)on2)(C(=O)O)C(=O)O)O[C@@H](n2cnc3c(NCc4ccc(F)cc4)nc(Cl)nc32)[C@@H]1O. The first-order chi connectivity index (χ1) is 20.9. The average molecular weight is 631 g/mol. The van der Waals surface area contributed by atoms with Gasteiger partial charge in [0.25, 0.3) is 5.60 Å². The molecule has 5 N–H and O–H groups in total. The molecule has 1 fully saturated rings. The van der Waals surface area contributed by atoms with Crippen LogP contribution in [0.3, 0.4) is 0 Å². The Morgan fingerprint density at radius 2 is 1.98 bits per heavy atom. The van der Waals surface area contributed by atoms with E-state index in [1.165, 1.54) is 36.0 Å². The lowest BCUT2D eigenvalue weighted by Gasteiger charge is -2.29. The van der Waals surface area contributed by atoms with Crippen LogP contribution < -0.4 is 5.32 Å². The highest BCUT2D eigenvalue weighted by molar-refractivity contribution is 6.28. The molecule has 1 aliphatic heterocycles. The topological polar surface area (TPSA) is 215 Å². The molecule has 1 aromatic carbocycles. The second-order valence-electron chi connectivity index (χ2n) is 9.93. The van der Waals surface area contributed by atoms with Gasteiger partial charge in [0.15, 0.2) is 28.8 Å². The summed E-state index contributed by atoms with van der Waals surface area (Å²) in [5.41, 5.74) is -4.40. The Labute approximate surface area is 252 Å². The number of halogens is 2. The van der Waals surface area contributed by atoms with E-state index in [2.05, 4.69) is 25.4 Å². The van der Waals surface area contributed by atoms with Gasteiger partial charge >= 0.3 is 11.9 Å². The van der Waals surface area contributed by atoms with Crippen LogP contribution in [0, 0.1) is 25.1 Å². The Morgan fingerprint density at radius 1 is 1.27 bits per heavy atom. The fourth-order valence-corrected chi connectivity index (χ4v) is 4.86. The summed E-state index contributed by atoms with van der Waals surface area (Å²) in [6.45, 7) is 0.873. The van der Waals surface area contributed by atoms with Crippen LogP contribution in [0.4, 0.5) is 10.2 Å². The number of aliphatic carboxylic acids is 2. The van der Waals surface area contributed by atoms with Gasteiger partial charge in [-0.1, -0.05) is 23.2 Å². The zero-order valence-electron chi connectivity index (χ0n) is 22.7. The minimum absolute atomic E-state index is 0.0185. The van der Waals surface area contributed by atoms with Crippen molar-refractivity contribution in [1.29, 1.82) is 0 Å². The van der Waals surface area contributed by atoms with Crippen molar-refractivity contribution >= 4 is 40.5 Å². The Morgan fingerprint density at radius 3 is 2.59 bits per heavy atom. The molecule has 0 aliphatic carbocycles. The van der Waals surface area contributed by atoms with Crippen LogP contribution in [0.25, 0.3) is 11.2 Å². The number of rotatable bonds is 11. The van der Waals surface area contributed by atoms with Crippen molar-refractivity contribution in [3.05, 3.63) is 64.8 Å². The summed E-state index contributed by atoms with van der Waals surface area (Å²) in [5, 5.41) is 48.5. The number of aliphatic hydroxyl groups excluding tert-OH is 1. The first-order valence-corrected chi connectivity index (χ1v) is 13.2.